The summed E-state index contributed by atoms with van der Waals surface area (Å²) >= 11 is 0. The van der Waals surface area contributed by atoms with E-state index in [2.05, 4.69) is 27.9 Å². The number of allylic oxidation sites excluding steroid dienone is 2. The fraction of sp³-hybridized carbons (Fsp3) is 0.241. The Hall–Kier alpha value is -4.13. The van der Waals surface area contributed by atoms with Gasteiger partial charge in [-0.2, -0.15) is 0 Å². The molecule has 1 amide bonds. The number of H-pyrrole nitrogens is 1. The van der Waals surface area contributed by atoms with Crippen LogP contribution in [0, 0.1) is 24.1 Å². The molecule has 7 heteroatoms. The van der Waals surface area contributed by atoms with Crippen molar-refractivity contribution >= 4 is 28.6 Å². The Morgan fingerprint density at radius 3 is 2.75 bits per heavy atom. The molecule has 3 aliphatic rings. The largest absolute Gasteiger partial charge is 0.368 e. The molecule has 6 nitrogen and oxygen atoms in total. The first kappa shape index (κ1) is 22.3. The number of dihydropyridines is 1. The molecular weight excluding hydrogens is 455 g/mol. The van der Waals surface area contributed by atoms with Crippen molar-refractivity contribution in [2.45, 2.75) is 26.7 Å². The maximum absolute atomic E-state index is 13.5. The van der Waals surface area contributed by atoms with Crippen LogP contribution >= 0.6 is 0 Å². The first-order valence-corrected chi connectivity index (χ1v) is 12.2. The summed E-state index contributed by atoms with van der Waals surface area (Å²) in [6, 6.07) is 13.9. The summed E-state index contributed by atoms with van der Waals surface area (Å²) in [5, 5.41) is 9.58. The number of anilines is 2. The number of rotatable bonds is 5. The standard InChI is InChI=1S/C29H27FN4O2/c1-16-12-18(30)8-9-20(16)28(36)34-23-13-17(10-11-31-23)25-26(32-19-6-4-3-5-7-19)24-22(33-25)15-29(2)14-21(29)27(24)35/h3-10,12-13,21,31-33H,11,14-15H2,1-2H3,(H,34,36)/t21-,29+/m0/s1. The lowest BCUT2D eigenvalue weighted by atomic mass is 9.87. The van der Waals surface area contributed by atoms with E-state index in [4.69, 9.17) is 0 Å². The number of nitrogens with one attached hydrogen (secondary N) is 4. The number of para-hydroxylation sites is 1. The van der Waals surface area contributed by atoms with Gasteiger partial charge in [-0.3, -0.25) is 9.59 Å². The quantitative estimate of drug-likeness (QED) is 0.401. The fourth-order valence-corrected chi connectivity index (χ4v) is 5.42. The number of aromatic amines is 1. The summed E-state index contributed by atoms with van der Waals surface area (Å²) in [5.41, 5.74) is 6.11. The number of aromatic nitrogens is 1. The minimum atomic E-state index is -0.375. The Kier molecular flexibility index (Phi) is 5.10. The number of carbonyl (C=O) groups excluding carboxylic acids is 2. The van der Waals surface area contributed by atoms with Crippen LogP contribution < -0.4 is 16.0 Å². The second kappa shape index (κ2) is 8.22. The molecule has 0 spiro atoms. The van der Waals surface area contributed by atoms with Crippen molar-refractivity contribution in [1.29, 1.82) is 0 Å². The van der Waals surface area contributed by atoms with Gasteiger partial charge in [-0.25, -0.2) is 4.39 Å². The molecule has 2 aliphatic carbocycles. The minimum Gasteiger partial charge on any atom is -0.368 e. The summed E-state index contributed by atoms with van der Waals surface area (Å²) < 4.78 is 13.5. The van der Waals surface area contributed by atoms with E-state index in [1.807, 2.05) is 42.5 Å². The van der Waals surface area contributed by atoms with E-state index in [-0.39, 0.29) is 28.8 Å². The summed E-state index contributed by atoms with van der Waals surface area (Å²) in [7, 11) is 0. The SMILES string of the molecule is Cc1cc(F)ccc1C(=O)NC1=CC(c2[nH]c3c(c2Nc2ccccc2)C(=O)[C@@H]2C[C@]2(C)C3)=CCN1. The number of Topliss-reactive ketones (excluding diaryl/α,β-unsaturated/α-hetero) is 1. The topological polar surface area (TPSA) is 86.0 Å². The van der Waals surface area contributed by atoms with Crippen molar-refractivity contribution in [2.24, 2.45) is 11.3 Å². The molecule has 182 valence electrons. The zero-order chi connectivity index (χ0) is 25.0. The predicted molar refractivity (Wildman–Crippen MR) is 137 cm³/mol. The highest BCUT2D eigenvalue weighted by Gasteiger charge is 2.58. The maximum Gasteiger partial charge on any atom is 0.257 e. The van der Waals surface area contributed by atoms with Gasteiger partial charge >= 0.3 is 0 Å². The van der Waals surface area contributed by atoms with Gasteiger partial charge in [-0.1, -0.05) is 31.2 Å². The molecular formula is C29H27FN4O2. The number of hydrogen-bond acceptors (Lipinski definition) is 4. The van der Waals surface area contributed by atoms with Gasteiger partial charge in [-0.05, 0) is 67.2 Å². The van der Waals surface area contributed by atoms with E-state index in [1.165, 1.54) is 18.2 Å². The lowest BCUT2D eigenvalue weighted by Crippen LogP contribution is -2.33. The molecule has 0 bridgehead atoms. The monoisotopic (exact) mass is 482 g/mol. The molecule has 36 heavy (non-hydrogen) atoms. The van der Waals surface area contributed by atoms with Gasteiger partial charge in [0.25, 0.3) is 5.91 Å². The molecule has 0 saturated heterocycles. The molecule has 0 radical (unpaired) electrons. The van der Waals surface area contributed by atoms with Gasteiger partial charge in [0.15, 0.2) is 5.78 Å². The Balaban J connectivity index is 1.35. The second-order valence-electron chi connectivity index (χ2n) is 10.2. The maximum atomic E-state index is 13.5. The average Bonchev–Trinajstić information content (AvgIpc) is 3.42. The highest BCUT2D eigenvalue weighted by Crippen LogP contribution is 2.60. The molecule has 1 aromatic heterocycles. The third-order valence-electron chi connectivity index (χ3n) is 7.50. The zero-order valence-corrected chi connectivity index (χ0v) is 20.2. The Morgan fingerprint density at radius 1 is 1.17 bits per heavy atom. The number of aryl methyl sites for hydroxylation is 1. The highest BCUT2D eigenvalue weighted by molar-refractivity contribution is 6.10. The molecule has 6 rings (SSSR count). The normalized spacial score (nSPS) is 22.0. The van der Waals surface area contributed by atoms with Crippen LogP contribution in [-0.2, 0) is 6.42 Å². The first-order chi connectivity index (χ1) is 17.3. The molecule has 2 atom stereocenters. The van der Waals surface area contributed by atoms with Crippen LogP contribution in [0.5, 0.6) is 0 Å². The second-order valence-corrected chi connectivity index (χ2v) is 10.2. The van der Waals surface area contributed by atoms with Crippen molar-refractivity contribution in [3.63, 3.8) is 0 Å². The first-order valence-electron chi connectivity index (χ1n) is 12.2. The van der Waals surface area contributed by atoms with Crippen molar-refractivity contribution in [2.75, 3.05) is 11.9 Å². The number of halogens is 1. The van der Waals surface area contributed by atoms with Crippen molar-refractivity contribution in [1.82, 2.24) is 15.6 Å². The molecule has 4 N–H and O–H groups in total. The van der Waals surface area contributed by atoms with Crippen molar-refractivity contribution in [3.05, 3.63) is 100 Å². The minimum absolute atomic E-state index is 0.0424. The number of amides is 1. The molecule has 2 heterocycles. The molecule has 3 aromatic rings. The van der Waals surface area contributed by atoms with E-state index in [1.54, 1.807) is 6.92 Å². The van der Waals surface area contributed by atoms with Gasteiger partial charge in [0.05, 0.1) is 16.9 Å². The Labute approximate surface area is 208 Å². The van der Waals surface area contributed by atoms with Crippen LogP contribution in [0.3, 0.4) is 0 Å². The Morgan fingerprint density at radius 2 is 1.97 bits per heavy atom. The van der Waals surface area contributed by atoms with E-state index < -0.39 is 0 Å². The van der Waals surface area contributed by atoms with Gasteiger partial charge < -0.3 is 20.9 Å². The van der Waals surface area contributed by atoms with Crippen LogP contribution in [-0.4, -0.2) is 23.2 Å². The van der Waals surface area contributed by atoms with Crippen LogP contribution in [0.15, 0.2) is 66.5 Å². The number of fused-ring (bicyclic) bond motifs is 2. The van der Waals surface area contributed by atoms with Crippen LogP contribution in [0.2, 0.25) is 0 Å². The van der Waals surface area contributed by atoms with Crippen molar-refractivity contribution in [3.8, 4) is 0 Å². The van der Waals surface area contributed by atoms with Gasteiger partial charge in [-0.15, -0.1) is 0 Å². The lowest BCUT2D eigenvalue weighted by Gasteiger charge is -2.19. The molecule has 1 fully saturated rings. The Bertz CT molecular complexity index is 1470. The molecule has 1 aliphatic heterocycles. The van der Waals surface area contributed by atoms with E-state index >= 15 is 0 Å². The molecule has 2 aromatic carbocycles. The van der Waals surface area contributed by atoms with Crippen molar-refractivity contribution < 1.29 is 14.0 Å². The van der Waals surface area contributed by atoms with E-state index in [0.29, 0.717) is 23.5 Å². The third kappa shape index (κ3) is 3.81. The zero-order valence-electron chi connectivity index (χ0n) is 20.2. The van der Waals surface area contributed by atoms with Gasteiger partial charge in [0, 0.05) is 35.0 Å². The average molecular weight is 483 g/mol. The number of carbonyl (C=O) groups is 2. The summed E-state index contributed by atoms with van der Waals surface area (Å²) in [6.45, 7) is 4.39. The van der Waals surface area contributed by atoms with Crippen LogP contribution in [0.4, 0.5) is 15.8 Å². The lowest BCUT2D eigenvalue weighted by molar-refractivity contribution is 0.0938. The third-order valence-corrected chi connectivity index (χ3v) is 7.50. The number of hydrogen-bond donors (Lipinski definition) is 4. The number of ketones is 1. The molecule has 1 saturated carbocycles. The number of benzene rings is 2. The van der Waals surface area contributed by atoms with Gasteiger partial charge in [0.2, 0.25) is 0 Å². The van der Waals surface area contributed by atoms with Crippen LogP contribution in [0.25, 0.3) is 5.57 Å². The molecule has 0 unspecified atom stereocenters. The predicted octanol–water partition coefficient (Wildman–Crippen LogP) is 5.23. The van der Waals surface area contributed by atoms with E-state index in [9.17, 15) is 14.0 Å². The smallest absolute Gasteiger partial charge is 0.257 e. The van der Waals surface area contributed by atoms with Crippen LogP contribution in [0.1, 0.15) is 51.0 Å². The van der Waals surface area contributed by atoms with Gasteiger partial charge in [0.1, 0.15) is 11.6 Å². The fourth-order valence-electron chi connectivity index (χ4n) is 5.42. The summed E-state index contributed by atoms with van der Waals surface area (Å²) in [6.07, 6.45) is 5.66. The summed E-state index contributed by atoms with van der Waals surface area (Å²) in [5.74, 6) is 0.124. The van der Waals surface area contributed by atoms with E-state index in [0.717, 1.165) is 46.7 Å². The summed E-state index contributed by atoms with van der Waals surface area (Å²) in [4.78, 5) is 29.8. The highest BCUT2D eigenvalue weighted by atomic mass is 19.1.